The lowest BCUT2D eigenvalue weighted by Gasteiger charge is -2.53. The summed E-state index contributed by atoms with van der Waals surface area (Å²) in [4.78, 5) is 14.4. The molecule has 1 N–H and O–H groups in total. The molecule has 2 aromatic rings. The highest BCUT2D eigenvalue weighted by molar-refractivity contribution is 5.52. The molecule has 0 radical (unpaired) electrons. The summed E-state index contributed by atoms with van der Waals surface area (Å²) in [5, 5.41) is 1.98. The van der Waals surface area contributed by atoms with Gasteiger partial charge in [0.15, 0.2) is 0 Å². The van der Waals surface area contributed by atoms with Gasteiger partial charge in [0.05, 0.1) is 12.1 Å². The Labute approximate surface area is 177 Å². The molecule has 3 heterocycles. The van der Waals surface area contributed by atoms with Crippen LogP contribution < -0.4 is 5.43 Å². The standard InChI is InChI=1S/C25H28FN3O/c26-15-23(19-7-2-1-3-8-19)27-29-21(17-30)11-10-20-16-28-13-12-18-6-4-5-9-22(18)25(28)14-24(20)29/h1-9,20,23-25,27H,10-16H2/t20-,23-,24+,25+/m0/s1. The zero-order chi connectivity index (χ0) is 20.5. The normalized spacial score (nSPS) is 26.9. The topological polar surface area (TPSA) is 35.6 Å². The van der Waals surface area contributed by atoms with E-state index in [2.05, 4.69) is 40.5 Å². The second-order valence-electron chi connectivity index (χ2n) is 8.73. The molecule has 30 heavy (non-hydrogen) atoms. The van der Waals surface area contributed by atoms with Crippen molar-refractivity contribution in [2.24, 2.45) is 5.92 Å². The second kappa shape index (κ2) is 8.35. The molecule has 5 heteroatoms. The quantitative estimate of drug-likeness (QED) is 0.780. The lowest BCUT2D eigenvalue weighted by Crippen LogP contribution is -2.59. The summed E-state index contributed by atoms with van der Waals surface area (Å²) in [5.41, 5.74) is 7.75. The van der Waals surface area contributed by atoms with Crippen molar-refractivity contribution in [1.29, 1.82) is 0 Å². The summed E-state index contributed by atoms with van der Waals surface area (Å²) in [6.45, 7) is 1.59. The van der Waals surface area contributed by atoms with Gasteiger partial charge in [-0.1, -0.05) is 54.6 Å². The average Bonchev–Trinajstić information content (AvgIpc) is 2.81. The molecule has 156 valence electrons. The average molecular weight is 406 g/mol. The fourth-order valence-corrected chi connectivity index (χ4v) is 5.61. The summed E-state index contributed by atoms with van der Waals surface area (Å²) in [5.74, 6) is 2.62. The van der Waals surface area contributed by atoms with Crippen LogP contribution in [-0.4, -0.2) is 41.7 Å². The lowest BCUT2D eigenvalue weighted by molar-refractivity contribution is -0.0214. The Hall–Kier alpha value is -2.46. The van der Waals surface area contributed by atoms with E-state index in [1.54, 1.807) is 0 Å². The van der Waals surface area contributed by atoms with Crippen LogP contribution in [0.25, 0.3) is 0 Å². The zero-order valence-corrected chi connectivity index (χ0v) is 17.1. The number of halogens is 1. The largest absolute Gasteiger partial charge is 0.298 e. The molecule has 4 nitrogen and oxygen atoms in total. The summed E-state index contributed by atoms with van der Waals surface area (Å²) in [6.07, 6.45) is 3.72. The predicted molar refractivity (Wildman–Crippen MR) is 115 cm³/mol. The molecule has 0 aromatic heterocycles. The monoisotopic (exact) mass is 405 g/mol. The number of hydrogen-bond donors (Lipinski definition) is 1. The zero-order valence-electron chi connectivity index (χ0n) is 17.1. The molecule has 0 unspecified atom stereocenters. The van der Waals surface area contributed by atoms with Crippen molar-refractivity contribution in [2.45, 2.75) is 43.8 Å². The van der Waals surface area contributed by atoms with E-state index in [1.807, 2.05) is 35.3 Å². The SMILES string of the molecule is O=C=C1CC[C@H]2CN3CCc4ccccc4[C@H]3C[C@H]2N1N[C@@H](CF)c1ccccc1. The van der Waals surface area contributed by atoms with Crippen LogP contribution in [0.1, 0.15) is 48.0 Å². The Morgan fingerprint density at radius 1 is 1.10 bits per heavy atom. The van der Waals surface area contributed by atoms with E-state index in [9.17, 15) is 9.18 Å². The Morgan fingerprint density at radius 2 is 1.90 bits per heavy atom. The van der Waals surface area contributed by atoms with Gasteiger partial charge in [-0.3, -0.25) is 9.91 Å². The first kappa shape index (κ1) is 19.5. The van der Waals surface area contributed by atoms with Crippen LogP contribution in [0.5, 0.6) is 0 Å². The van der Waals surface area contributed by atoms with Crippen LogP contribution in [0.3, 0.4) is 0 Å². The van der Waals surface area contributed by atoms with Crippen LogP contribution in [0, 0.1) is 5.92 Å². The van der Waals surface area contributed by atoms with Gasteiger partial charge >= 0.3 is 0 Å². The van der Waals surface area contributed by atoms with E-state index >= 15 is 0 Å². The number of carbonyl (C=O) groups excluding carboxylic acids is 1. The van der Waals surface area contributed by atoms with E-state index in [0.29, 0.717) is 24.1 Å². The van der Waals surface area contributed by atoms with Crippen LogP contribution in [-0.2, 0) is 11.2 Å². The Morgan fingerprint density at radius 3 is 2.70 bits per heavy atom. The third-order valence-electron chi connectivity index (χ3n) is 7.14. The smallest absolute Gasteiger partial charge is 0.147 e. The molecule has 0 saturated carbocycles. The van der Waals surface area contributed by atoms with Gasteiger partial charge in [-0.05, 0) is 48.3 Å². The molecular formula is C25H28FN3O. The van der Waals surface area contributed by atoms with Crippen LogP contribution >= 0.6 is 0 Å². The minimum Gasteiger partial charge on any atom is -0.298 e. The highest BCUT2D eigenvalue weighted by atomic mass is 19.1. The highest BCUT2D eigenvalue weighted by Crippen LogP contribution is 2.44. The van der Waals surface area contributed by atoms with Crippen molar-refractivity contribution in [3.8, 4) is 0 Å². The fraction of sp³-hybridized carbons (Fsp3) is 0.440. The van der Waals surface area contributed by atoms with Crippen molar-refractivity contribution in [2.75, 3.05) is 19.8 Å². The number of hydrogen-bond acceptors (Lipinski definition) is 4. The van der Waals surface area contributed by atoms with Gasteiger partial charge in [0.2, 0.25) is 0 Å². The summed E-state index contributed by atoms with van der Waals surface area (Å²) in [6, 6.07) is 18.4. The first-order valence-electron chi connectivity index (χ1n) is 11.0. The molecule has 3 aliphatic rings. The van der Waals surface area contributed by atoms with E-state index < -0.39 is 12.7 Å². The van der Waals surface area contributed by atoms with Crippen molar-refractivity contribution in [1.82, 2.24) is 15.3 Å². The number of hydrazine groups is 1. The minimum absolute atomic E-state index is 0.167. The molecule has 2 saturated heterocycles. The van der Waals surface area contributed by atoms with E-state index in [4.69, 9.17) is 0 Å². The predicted octanol–water partition coefficient (Wildman–Crippen LogP) is 4.00. The van der Waals surface area contributed by atoms with Gasteiger partial charge in [0.1, 0.15) is 18.3 Å². The van der Waals surface area contributed by atoms with Crippen molar-refractivity contribution in [3.05, 3.63) is 77.0 Å². The first-order chi connectivity index (χ1) is 14.8. The molecule has 3 aliphatic heterocycles. The van der Waals surface area contributed by atoms with Gasteiger partial charge < -0.3 is 0 Å². The Kier molecular flexibility index (Phi) is 5.43. The fourth-order valence-electron chi connectivity index (χ4n) is 5.61. The van der Waals surface area contributed by atoms with Gasteiger partial charge in [-0.15, -0.1) is 0 Å². The minimum atomic E-state index is -0.525. The maximum Gasteiger partial charge on any atom is 0.147 e. The van der Waals surface area contributed by atoms with E-state index in [0.717, 1.165) is 37.9 Å². The number of nitrogens with one attached hydrogen (secondary N) is 1. The summed E-state index contributed by atoms with van der Waals surface area (Å²) in [7, 11) is 0. The van der Waals surface area contributed by atoms with E-state index in [-0.39, 0.29) is 6.04 Å². The molecule has 2 fully saturated rings. The number of allylic oxidation sites excluding steroid dienone is 1. The Balaban J connectivity index is 1.44. The molecule has 0 amide bonds. The number of alkyl halides is 1. The molecular weight excluding hydrogens is 377 g/mol. The highest BCUT2D eigenvalue weighted by Gasteiger charge is 2.44. The van der Waals surface area contributed by atoms with Gasteiger partial charge in [-0.2, -0.15) is 0 Å². The number of nitrogens with zero attached hydrogens (tertiary/aromatic N) is 2. The lowest BCUT2D eigenvalue weighted by atomic mass is 9.76. The molecule has 4 atom stereocenters. The van der Waals surface area contributed by atoms with Gasteiger partial charge in [0.25, 0.3) is 0 Å². The van der Waals surface area contributed by atoms with Gasteiger partial charge in [-0.25, -0.2) is 14.6 Å². The Bertz CT molecular complexity index is 942. The molecule has 0 spiro atoms. The molecule has 0 aliphatic carbocycles. The van der Waals surface area contributed by atoms with Crippen molar-refractivity contribution in [3.63, 3.8) is 0 Å². The van der Waals surface area contributed by atoms with Crippen molar-refractivity contribution < 1.29 is 9.18 Å². The summed E-state index contributed by atoms with van der Waals surface area (Å²) >= 11 is 0. The number of fused-ring (bicyclic) bond motifs is 4. The van der Waals surface area contributed by atoms with Crippen LogP contribution in [0.4, 0.5) is 4.39 Å². The third kappa shape index (κ3) is 3.47. The molecule has 5 rings (SSSR count). The summed E-state index contributed by atoms with van der Waals surface area (Å²) < 4.78 is 14.0. The van der Waals surface area contributed by atoms with Crippen LogP contribution in [0.15, 0.2) is 60.3 Å². The molecule has 0 bridgehead atoms. The van der Waals surface area contributed by atoms with Gasteiger partial charge in [0, 0.05) is 19.1 Å². The first-order valence-corrected chi connectivity index (χ1v) is 11.0. The number of rotatable bonds is 4. The maximum atomic E-state index is 14.0. The molecule has 2 aromatic carbocycles. The number of benzene rings is 2. The second-order valence-corrected chi connectivity index (χ2v) is 8.73. The van der Waals surface area contributed by atoms with Crippen LogP contribution in [0.2, 0.25) is 0 Å². The van der Waals surface area contributed by atoms with E-state index in [1.165, 1.54) is 11.1 Å². The third-order valence-corrected chi connectivity index (χ3v) is 7.14. The van der Waals surface area contributed by atoms with Crippen molar-refractivity contribution >= 4 is 5.94 Å². The number of piperidine rings is 2. The maximum absolute atomic E-state index is 14.0.